The molecule has 0 heterocycles. The molecular formula is C13H25ClN2O. The molecule has 0 radical (unpaired) electrons. The van der Waals surface area contributed by atoms with E-state index in [1.807, 2.05) is 0 Å². The number of rotatable bonds is 4. The third kappa shape index (κ3) is 3.59. The zero-order chi connectivity index (χ0) is 11.6. The van der Waals surface area contributed by atoms with E-state index >= 15 is 0 Å². The maximum Gasteiger partial charge on any atom is 0.226 e. The minimum absolute atomic E-state index is 0. The van der Waals surface area contributed by atoms with Crippen LogP contribution in [0.1, 0.15) is 51.9 Å². The van der Waals surface area contributed by atoms with Gasteiger partial charge in [0.2, 0.25) is 5.91 Å². The number of nitrogens with two attached hydrogens (primary N) is 1. The van der Waals surface area contributed by atoms with Gasteiger partial charge in [0.05, 0.1) is 0 Å². The molecule has 0 aliphatic heterocycles. The Morgan fingerprint density at radius 3 is 2.65 bits per heavy atom. The summed E-state index contributed by atoms with van der Waals surface area (Å²) in [5.74, 6) is 0.898. The van der Waals surface area contributed by atoms with Gasteiger partial charge in [-0.15, -0.1) is 12.4 Å². The first-order chi connectivity index (χ1) is 7.66. The lowest BCUT2D eigenvalue weighted by atomic mass is 9.86. The van der Waals surface area contributed by atoms with Crippen LogP contribution in [0.25, 0.3) is 0 Å². The zero-order valence-electron chi connectivity index (χ0n) is 10.7. The van der Waals surface area contributed by atoms with E-state index in [9.17, 15) is 4.79 Å². The molecule has 2 unspecified atom stereocenters. The van der Waals surface area contributed by atoms with Crippen molar-refractivity contribution in [1.29, 1.82) is 0 Å². The standard InChI is InChI=1S/C13H24N2O.ClH/c1-2-13(6-7-13)12(16)15-9-10-4-3-5-11(14)8-10;/h10-11H,2-9,14H2,1H3,(H,15,16);1H. The topological polar surface area (TPSA) is 55.1 Å². The molecule has 0 aromatic carbocycles. The van der Waals surface area contributed by atoms with E-state index in [1.165, 1.54) is 12.8 Å². The van der Waals surface area contributed by atoms with E-state index in [2.05, 4.69) is 12.2 Å². The quantitative estimate of drug-likeness (QED) is 0.815. The lowest BCUT2D eigenvalue weighted by molar-refractivity contribution is -0.126. The van der Waals surface area contributed by atoms with Crippen molar-refractivity contribution >= 4 is 18.3 Å². The van der Waals surface area contributed by atoms with Crippen molar-refractivity contribution in [2.24, 2.45) is 17.1 Å². The molecule has 2 atom stereocenters. The normalized spacial score (nSPS) is 30.2. The van der Waals surface area contributed by atoms with Crippen LogP contribution in [0.4, 0.5) is 0 Å². The monoisotopic (exact) mass is 260 g/mol. The molecule has 0 aromatic rings. The van der Waals surface area contributed by atoms with Crippen LogP contribution in [0.5, 0.6) is 0 Å². The van der Waals surface area contributed by atoms with E-state index in [0.717, 1.165) is 38.6 Å². The summed E-state index contributed by atoms with van der Waals surface area (Å²) >= 11 is 0. The predicted molar refractivity (Wildman–Crippen MR) is 72.1 cm³/mol. The molecule has 0 spiro atoms. The molecule has 4 heteroatoms. The predicted octanol–water partition coefficient (Wildman–Crippen LogP) is 2.23. The van der Waals surface area contributed by atoms with E-state index in [-0.39, 0.29) is 23.7 Å². The minimum Gasteiger partial charge on any atom is -0.355 e. The summed E-state index contributed by atoms with van der Waals surface area (Å²) in [6, 6.07) is 0.358. The fraction of sp³-hybridized carbons (Fsp3) is 0.923. The second-order valence-electron chi connectivity index (χ2n) is 5.64. The summed E-state index contributed by atoms with van der Waals surface area (Å²) in [6.07, 6.45) is 7.85. The van der Waals surface area contributed by atoms with E-state index in [1.54, 1.807) is 0 Å². The first kappa shape index (κ1) is 14.8. The Morgan fingerprint density at radius 2 is 2.12 bits per heavy atom. The Morgan fingerprint density at radius 1 is 1.41 bits per heavy atom. The number of nitrogens with one attached hydrogen (secondary N) is 1. The molecule has 2 aliphatic rings. The highest BCUT2D eigenvalue weighted by atomic mass is 35.5. The molecular weight excluding hydrogens is 236 g/mol. The van der Waals surface area contributed by atoms with Crippen LogP contribution in [-0.2, 0) is 4.79 Å². The Bertz CT molecular complexity index is 266. The maximum atomic E-state index is 11.9. The van der Waals surface area contributed by atoms with Crippen LogP contribution in [0.2, 0.25) is 0 Å². The van der Waals surface area contributed by atoms with Crippen LogP contribution in [0.15, 0.2) is 0 Å². The van der Waals surface area contributed by atoms with Crippen molar-refractivity contribution in [3.05, 3.63) is 0 Å². The van der Waals surface area contributed by atoms with Crippen LogP contribution in [-0.4, -0.2) is 18.5 Å². The van der Waals surface area contributed by atoms with Crippen LogP contribution in [0, 0.1) is 11.3 Å². The molecule has 100 valence electrons. The van der Waals surface area contributed by atoms with Gasteiger partial charge in [0.15, 0.2) is 0 Å². The number of amides is 1. The zero-order valence-corrected chi connectivity index (χ0v) is 11.5. The van der Waals surface area contributed by atoms with Crippen molar-refractivity contribution < 1.29 is 4.79 Å². The summed E-state index contributed by atoms with van der Waals surface area (Å²) < 4.78 is 0. The lowest BCUT2D eigenvalue weighted by Crippen LogP contribution is -2.38. The average molecular weight is 261 g/mol. The van der Waals surface area contributed by atoms with Gasteiger partial charge in [-0.05, 0) is 44.4 Å². The smallest absolute Gasteiger partial charge is 0.226 e. The van der Waals surface area contributed by atoms with Crippen LogP contribution in [0.3, 0.4) is 0 Å². The van der Waals surface area contributed by atoms with Gasteiger partial charge in [0.25, 0.3) is 0 Å². The van der Waals surface area contributed by atoms with Gasteiger partial charge in [0, 0.05) is 18.0 Å². The summed E-state index contributed by atoms with van der Waals surface area (Å²) in [5, 5.41) is 3.13. The van der Waals surface area contributed by atoms with Gasteiger partial charge >= 0.3 is 0 Å². The lowest BCUT2D eigenvalue weighted by Gasteiger charge is -2.27. The molecule has 2 rings (SSSR count). The number of hydrogen-bond acceptors (Lipinski definition) is 2. The van der Waals surface area contributed by atoms with E-state index in [4.69, 9.17) is 5.73 Å². The van der Waals surface area contributed by atoms with Gasteiger partial charge in [0.1, 0.15) is 0 Å². The number of hydrogen-bond donors (Lipinski definition) is 2. The van der Waals surface area contributed by atoms with E-state index < -0.39 is 0 Å². The minimum atomic E-state index is 0. The number of carbonyl (C=O) groups is 1. The highest BCUT2D eigenvalue weighted by Gasteiger charge is 2.47. The summed E-state index contributed by atoms with van der Waals surface area (Å²) in [5.41, 5.74) is 5.95. The Labute approximate surface area is 110 Å². The molecule has 0 bridgehead atoms. The SMILES string of the molecule is CCC1(C(=O)NCC2CCCC(N)C2)CC1.Cl. The van der Waals surface area contributed by atoms with Gasteiger partial charge < -0.3 is 11.1 Å². The molecule has 2 aliphatic carbocycles. The number of halogens is 1. The third-order valence-corrected chi connectivity index (χ3v) is 4.39. The highest BCUT2D eigenvalue weighted by Crippen LogP contribution is 2.48. The maximum absolute atomic E-state index is 11.9. The average Bonchev–Trinajstić information content (AvgIpc) is 3.07. The second-order valence-corrected chi connectivity index (χ2v) is 5.64. The van der Waals surface area contributed by atoms with Crippen molar-refractivity contribution in [1.82, 2.24) is 5.32 Å². The van der Waals surface area contributed by atoms with Crippen molar-refractivity contribution in [2.45, 2.75) is 57.9 Å². The Kier molecular flexibility index (Phi) is 5.26. The molecule has 17 heavy (non-hydrogen) atoms. The largest absolute Gasteiger partial charge is 0.355 e. The third-order valence-electron chi connectivity index (χ3n) is 4.39. The Hall–Kier alpha value is -0.280. The van der Waals surface area contributed by atoms with Crippen molar-refractivity contribution in [3.63, 3.8) is 0 Å². The summed E-state index contributed by atoms with van der Waals surface area (Å²) in [6.45, 7) is 2.96. The molecule has 0 aromatic heterocycles. The first-order valence-corrected chi connectivity index (χ1v) is 6.70. The number of carbonyl (C=O) groups excluding carboxylic acids is 1. The molecule has 3 N–H and O–H groups in total. The molecule has 2 saturated carbocycles. The highest BCUT2D eigenvalue weighted by molar-refractivity contribution is 5.85. The first-order valence-electron chi connectivity index (χ1n) is 6.70. The van der Waals surface area contributed by atoms with Crippen molar-refractivity contribution in [2.75, 3.05) is 6.54 Å². The van der Waals surface area contributed by atoms with E-state index in [0.29, 0.717) is 12.0 Å². The summed E-state index contributed by atoms with van der Waals surface area (Å²) in [7, 11) is 0. The van der Waals surface area contributed by atoms with Gasteiger partial charge in [-0.3, -0.25) is 4.79 Å². The van der Waals surface area contributed by atoms with Gasteiger partial charge in [-0.25, -0.2) is 0 Å². The van der Waals surface area contributed by atoms with Gasteiger partial charge in [-0.2, -0.15) is 0 Å². The molecule has 1 amide bonds. The summed E-state index contributed by atoms with van der Waals surface area (Å²) in [4.78, 5) is 11.9. The van der Waals surface area contributed by atoms with Gasteiger partial charge in [-0.1, -0.05) is 13.3 Å². The molecule has 0 saturated heterocycles. The fourth-order valence-electron chi connectivity index (χ4n) is 2.83. The van der Waals surface area contributed by atoms with Crippen LogP contribution < -0.4 is 11.1 Å². The molecule has 3 nitrogen and oxygen atoms in total. The second kappa shape index (κ2) is 6.05. The Balaban J connectivity index is 0.00000144. The molecule has 2 fully saturated rings. The van der Waals surface area contributed by atoms with Crippen molar-refractivity contribution in [3.8, 4) is 0 Å². The fourth-order valence-corrected chi connectivity index (χ4v) is 2.83. The van der Waals surface area contributed by atoms with Crippen LogP contribution >= 0.6 is 12.4 Å².